The predicted octanol–water partition coefficient (Wildman–Crippen LogP) is 5.04. The predicted molar refractivity (Wildman–Crippen MR) is 179 cm³/mol. The third-order valence-corrected chi connectivity index (χ3v) is 8.87. The van der Waals surface area contributed by atoms with E-state index in [9.17, 15) is 10.1 Å². The molecule has 0 spiro atoms. The van der Waals surface area contributed by atoms with Crippen molar-refractivity contribution in [2.45, 2.75) is 58.5 Å². The van der Waals surface area contributed by atoms with Gasteiger partial charge in [0.1, 0.15) is 29.9 Å². The van der Waals surface area contributed by atoms with Crippen LogP contribution >= 0.6 is 0 Å². The number of alkyl halides is 1. The average molecular weight is 659 g/mol. The van der Waals surface area contributed by atoms with E-state index in [1.165, 1.54) is 16.9 Å². The second-order valence-corrected chi connectivity index (χ2v) is 14.2. The zero-order chi connectivity index (χ0) is 34.1. The van der Waals surface area contributed by atoms with Crippen LogP contribution in [0, 0.1) is 16.7 Å². The summed E-state index contributed by atoms with van der Waals surface area (Å²) in [4.78, 5) is 32.1. The van der Waals surface area contributed by atoms with E-state index in [-0.39, 0.29) is 24.4 Å². The first-order chi connectivity index (χ1) is 22.9. The molecule has 12 nitrogen and oxygen atoms in total. The Bertz CT molecular complexity index is 1650. The Kier molecular flexibility index (Phi) is 9.40. The SMILES string of the molecule is CC(C)(C)OC(=O)N1C[C@@H](F)[C@H](Oc2ccc(-c3ncnc(Nc4ccc(N5CCN(C6COC6)CC5)cc4)n3)cc2C#N)C(C)(C)C1. The Morgan fingerprint density at radius 2 is 1.81 bits per heavy atom. The molecule has 1 aromatic heterocycles. The molecule has 3 saturated heterocycles. The molecule has 1 amide bonds. The summed E-state index contributed by atoms with van der Waals surface area (Å²) in [6.07, 6.45) is -1.53. The van der Waals surface area contributed by atoms with Crippen LogP contribution < -0.4 is 15.0 Å². The maximum Gasteiger partial charge on any atom is 0.410 e. The van der Waals surface area contributed by atoms with Crippen LogP contribution in [0.1, 0.15) is 40.2 Å². The number of anilines is 3. The lowest BCUT2D eigenvalue weighted by molar-refractivity contribution is -0.0683. The number of hydrogen-bond acceptors (Lipinski definition) is 11. The lowest BCUT2D eigenvalue weighted by atomic mass is 9.80. The minimum Gasteiger partial charge on any atom is -0.485 e. The van der Waals surface area contributed by atoms with E-state index in [2.05, 4.69) is 48.3 Å². The Morgan fingerprint density at radius 1 is 1.08 bits per heavy atom. The summed E-state index contributed by atoms with van der Waals surface area (Å²) in [6, 6.07) is 15.9. The van der Waals surface area contributed by atoms with Crippen LogP contribution in [0.2, 0.25) is 0 Å². The van der Waals surface area contributed by atoms with Crippen LogP contribution in [0.15, 0.2) is 48.8 Å². The third kappa shape index (κ3) is 7.61. The highest BCUT2D eigenvalue weighted by atomic mass is 19.1. The van der Waals surface area contributed by atoms with E-state index in [0.717, 1.165) is 45.1 Å². The van der Waals surface area contributed by atoms with Crippen LogP contribution in [-0.2, 0) is 9.47 Å². The minimum absolute atomic E-state index is 0.167. The van der Waals surface area contributed by atoms with E-state index in [1.54, 1.807) is 39.0 Å². The fraction of sp³-hybridized carbons (Fsp3) is 0.514. The van der Waals surface area contributed by atoms with Crippen molar-refractivity contribution in [3.8, 4) is 23.2 Å². The van der Waals surface area contributed by atoms with Gasteiger partial charge in [-0.15, -0.1) is 0 Å². The molecule has 2 atom stereocenters. The summed E-state index contributed by atoms with van der Waals surface area (Å²) in [5.41, 5.74) is 1.37. The van der Waals surface area contributed by atoms with Crippen LogP contribution in [0.5, 0.6) is 5.75 Å². The fourth-order valence-electron chi connectivity index (χ4n) is 6.30. The Morgan fingerprint density at radius 3 is 2.44 bits per heavy atom. The van der Waals surface area contributed by atoms with Gasteiger partial charge in [0.2, 0.25) is 5.95 Å². The number of likely N-dealkylation sites (tertiary alicyclic amines) is 1. The molecule has 1 N–H and O–H groups in total. The van der Waals surface area contributed by atoms with Gasteiger partial charge in [-0.2, -0.15) is 10.2 Å². The van der Waals surface area contributed by atoms with Gasteiger partial charge in [0.15, 0.2) is 12.0 Å². The number of nitrogens with one attached hydrogen (secondary N) is 1. The van der Waals surface area contributed by atoms with Crippen molar-refractivity contribution in [2.24, 2.45) is 5.41 Å². The highest BCUT2D eigenvalue weighted by molar-refractivity contribution is 5.68. The van der Waals surface area contributed by atoms with E-state index in [4.69, 9.17) is 14.2 Å². The first-order valence-electron chi connectivity index (χ1n) is 16.3. The second kappa shape index (κ2) is 13.5. The number of amides is 1. The Hall–Kier alpha value is -4.54. The van der Waals surface area contributed by atoms with Gasteiger partial charge in [0, 0.05) is 55.1 Å². The lowest BCUT2D eigenvalue weighted by Crippen LogP contribution is -2.59. The van der Waals surface area contributed by atoms with Crippen molar-refractivity contribution >= 4 is 23.4 Å². The number of piperazine rings is 1. The van der Waals surface area contributed by atoms with Crippen LogP contribution in [0.4, 0.5) is 26.5 Å². The lowest BCUT2D eigenvalue weighted by Gasteiger charge is -2.45. The fourth-order valence-corrected chi connectivity index (χ4v) is 6.30. The van der Waals surface area contributed by atoms with Crippen molar-refractivity contribution in [1.82, 2.24) is 24.8 Å². The number of nitrogens with zero attached hydrogens (tertiary/aromatic N) is 7. The molecule has 3 aromatic rings. The van der Waals surface area contributed by atoms with Crippen molar-refractivity contribution in [3.05, 3.63) is 54.4 Å². The molecule has 0 saturated carbocycles. The Balaban J connectivity index is 1.09. The quantitative estimate of drug-likeness (QED) is 0.367. The van der Waals surface area contributed by atoms with Crippen molar-refractivity contribution < 1.29 is 23.4 Å². The first kappa shape index (κ1) is 33.4. The van der Waals surface area contributed by atoms with Gasteiger partial charge in [-0.1, -0.05) is 13.8 Å². The number of carbonyl (C=O) groups excluding carboxylic acids is 1. The van der Waals surface area contributed by atoms with Gasteiger partial charge in [-0.05, 0) is 63.2 Å². The number of aromatic nitrogens is 3. The summed E-state index contributed by atoms with van der Waals surface area (Å²) in [5, 5.41) is 13.2. The minimum atomic E-state index is -1.49. The summed E-state index contributed by atoms with van der Waals surface area (Å²) in [7, 11) is 0. The molecule has 0 radical (unpaired) electrons. The Labute approximate surface area is 280 Å². The van der Waals surface area contributed by atoms with Gasteiger partial charge in [0.05, 0.1) is 31.4 Å². The molecule has 6 rings (SSSR count). The zero-order valence-corrected chi connectivity index (χ0v) is 28.1. The highest BCUT2D eigenvalue weighted by Crippen LogP contribution is 2.37. The van der Waals surface area contributed by atoms with E-state index in [0.29, 0.717) is 23.4 Å². The summed E-state index contributed by atoms with van der Waals surface area (Å²) in [5.74, 6) is 0.983. The number of ether oxygens (including phenoxy) is 3. The smallest absolute Gasteiger partial charge is 0.410 e. The van der Waals surface area contributed by atoms with Gasteiger partial charge in [-0.25, -0.2) is 19.2 Å². The second-order valence-electron chi connectivity index (χ2n) is 14.2. The number of benzene rings is 2. The summed E-state index contributed by atoms with van der Waals surface area (Å²) >= 11 is 0. The monoisotopic (exact) mass is 658 g/mol. The molecule has 2 aromatic carbocycles. The molecule has 4 heterocycles. The van der Waals surface area contributed by atoms with Gasteiger partial charge in [0.25, 0.3) is 0 Å². The van der Waals surface area contributed by atoms with Gasteiger partial charge >= 0.3 is 6.09 Å². The number of halogens is 1. The summed E-state index contributed by atoms with van der Waals surface area (Å²) < 4.78 is 32.5. The molecule has 13 heteroatoms. The van der Waals surface area contributed by atoms with Crippen molar-refractivity contribution in [3.63, 3.8) is 0 Å². The molecular weight excluding hydrogens is 615 g/mol. The van der Waals surface area contributed by atoms with Crippen LogP contribution in [0.25, 0.3) is 11.4 Å². The van der Waals surface area contributed by atoms with Crippen molar-refractivity contribution in [2.75, 3.05) is 62.7 Å². The van der Waals surface area contributed by atoms with E-state index >= 15 is 4.39 Å². The highest BCUT2D eigenvalue weighted by Gasteiger charge is 2.47. The normalized spacial score (nSPS) is 21.6. The molecule has 3 aliphatic rings. The molecule has 3 aliphatic heterocycles. The number of rotatable bonds is 7. The maximum atomic E-state index is 15.5. The zero-order valence-electron chi connectivity index (χ0n) is 28.1. The van der Waals surface area contributed by atoms with Crippen molar-refractivity contribution in [1.29, 1.82) is 5.26 Å². The topological polar surface area (TPSA) is 129 Å². The largest absolute Gasteiger partial charge is 0.485 e. The molecular formula is C35H43FN8O4. The van der Waals surface area contributed by atoms with E-state index in [1.807, 2.05) is 26.0 Å². The van der Waals surface area contributed by atoms with Crippen LogP contribution in [0.3, 0.4) is 0 Å². The molecule has 48 heavy (non-hydrogen) atoms. The third-order valence-electron chi connectivity index (χ3n) is 8.87. The number of hydrogen-bond donors (Lipinski definition) is 1. The molecule has 3 fully saturated rings. The average Bonchev–Trinajstić information content (AvgIpc) is 3.02. The summed E-state index contributed by atoms with van der Waals surface area (Å²) in [6.45, 7) is 14.8. The number of carbonyl (C=O) groups is 1. The standard InChI is InChI=1S/C35H43FN8O4/c1-34(2,3)48-33(45)44-18-28(36)30(35(4,5)21-44)47-29-11-6-23(16-24(29)17-37)31-38-22-39-32(41-31)40-25-7-9-26(10-8-25)42-12-14-43(15-13-42)27-19-46-20-27/h6-11,16,22,27-28,30H,12-15,18-21H2,1-5H3,(H,38,39,40,41)/t28-,30+/m1/s1. The maximum absolute atomic E-state index is 15.5. The van der Waals surface area contributed by atoms with Gasteiger partial charge in [-0.3, -0.25) is 4.90 Å². The van der Waals surface area contributed by atoms with E-state index < -0.39 is 29.4 Å². The number of piperidine rings is 1. The van der Waals surface area contributed by atoms with Gasteiger partial charge < -0.3 is 29.3 Å². The number of nitriles is 1. The molecule has 254 valence electrons. The van der Waals surface area contributed by atoms with Crippen LogP contribution in [-0.4, -0.2) is 107 Å². The molecule has 0 unspecified atom stereocenters. The molecule has 0 aliphatic carbocycles. The molecule has 0 bridgehead atoms. The first-order valence-corrected chi connectivity index (χ1v) is 16.3.